The Balaban J connectivity index is 1.78. The van der Waals surface area contributed by atoms with Crippen molar-refractivity contribution in [2.45, 2.75) is 44.6 Å². The van der Waals surface area contributed by atoms with E-state index < -0.39 is 0 Å². The zero-order chi connectivity index (χ0) is 25.5. The maximum Gasteiger partial charge on any atom is 0.251 e. The van der Waals surface area contributed by atoms with Crippen molar-refractivity contribution in [3.8, 4) is 17.2 Å². The van der Waals surface area contributed by atoms with Gasteiger partial charge in [-0.2, -0.15) is 5.10 Å². The number of nitrogens with one attached hydrogen (secondary N) is 2. The van der Waals surface area contributed by atoms with Crippen LogP contribution in [0.1, 0.15) is 38.1 Å². The van der Waals surface area contributed by atoms with Crippen LogP contribution in [-0.2, 0) is 6.54 Å². The van der Waals surface area contributed by atoms with Gasteiger partial charge in [0.15, 0.2) is 22.3 Å². The Kier molecular flexibility index (Phi) is 9.02. The molecule has 0 bridgehead atoms. The molecular weight excluding hydrogens is 468 g/mol. The first-order valence-electron chi connectivity index (χ1n) is 11.5. The van der Waals surface area contributed by atoms with E-state index in [-0.39, 0.29) is 5.91 Å². The molecule has 0 radical (unpaired) electrons. The van der Waals surface area contributed by atoms with Crippen LogP contribution in [0.3, 0.4) is 0 Å². The third-order valence-electron chi connectivity index (χ3n) is 5.03. The number of methoxy groups -OCH3 is 3. The Morgan fingerprint density at radius 3 is 2.31 bits per heavy atom. The van der Waals surface area contributed by atoms with Gasteiger partial charge in [-0.1, -0.05) is 39.5 Å². The van der Waals surface area contributed by atoms with Crippen LogP contribution in [0.2, 0.25) is 0 Å². The number of hydrogen-bond acceptors (Lipinski definition) is 9. The van der Waals surface area contributed by atoms with E-state index in [2.05, 4.69) is 43.4 Å². The van der Waals surface area contributed by atoms with Crippen molar-refractivity contribution < 1.29 is 19.0 Å². The topological polar surface area (TPSA) is 112 Å². The molecule has 0 aliphatic heterocycles. The van der Waals surface area contributed by atoms with Crippen LogP contribution in [0.4, 0.5) is 5.82 Å². The number of thioether (sulfide) groups is 1. The second kappa shape index (κ2) is 12.0. The molecule has 1 aromatic carbocycles. The van der Waals surface area contributed by atoms with E-state index in [0.717, 1.165) is 23.4 Å². The number of nitrogens with zero attached hydrogens (tertiary/aromatic N) is 4. The van der Waals surface area contributed by atoms with E-state index in [1.54, 1.807) is 34.8 Å². The van der Waals surface area contributed by atoms with E-state index in [4.69, 9.17) is 24.2 Å². The quantitative estimate of drug-likeness (QED) is 0.282. The minimum absolute atomic E-state index is 0.259. The molecule has 0 aliphatic carbocycles. The molecule has 10 nitrogen and oxygen atoms in total. The molecule has 3 rings (SSSR count). The predicted molar refractivity (Wildman–Crippen MR) is 138 cm³/mol. The van der Waals surface area contributed by atoms with Gasteiger partial charge in [0.25, 0.3) is 5.91 Å². The van der Waals surface area contributed by atoms with Crippen molar-refractivity contribution in [2.75, 3.05) is 39.7 Å². The highest BCUT2D eigenvalue weighted by Gasteiger charge is 2.18. The van der Waals surface area contributed by atoms with E-state index in [9.17, 15) is 4.79 Å². The molecule has 11 heteroatoms. The second-order valence-electron chi connectivity index (χ2n) is 8.57. The molecule has 0 unspecified atom stereocenters. The molecule has 3 aromatic rings. The molecule has 0 atom stereocenters. The Bertz CT molecular complexity index is 1140. The monoisotopic (exact) mass is 502 g/mol. The summed E-state index contributed by atoms with van der Waals surface area (Å²) in [6.07, 6.45) is 1.77. The molecule has 0 fully saturated rings. The zero-order valence-electron chi connectivity index (χ0n) is 21.3. The molecule has 190 valence electrons. The van der Waals surface area contributed by atoms with Crippen molar-refractivity contribution in [3.05, 3.63) is 23.9 Å². The maximum atomic E-state index is 12.8. The summed E-state index contributed by atoms with van der Waals surface area (Å²) < 4.78 is 17.8. The van der Waals surface area contributed by atoms with Crippen LogP contribution in [0, 0.1) is 5.92 Å². The minimum Gasteiger partial charge on any atom is -0.493 e. The summed E-state index contributed by atoms with van der Waals surface area (Å²) in [5, 5.41) is 12.8. The molecule has 0 aliphatic rings. The van der Waals surface area contributed by atoms with Crippen molar-refractivity contribution in [1.29, 1.82) is 0 Å². The normalized spacial score (nSPS) is 11.2. The summed E-state index contributed by atoms with van der Waals surface area (Å²) in [7, 11) is 4.55. The number of amides is 1. The van der Waals surface area contributed by atoms with Crippen LogP contribution < -0.4 is 24.8 Å². The fraction of sp³-hybridized carbons (Fsp3) is 0.500. The largest absolute Gasteiger partial charge is 0.493 e. The molecular formula is C24H34N6O4S. The number of ether oxygens (including phenoxy) is 3. The van der Waals surface area contributed by atoms with Crippen molar-refractivity contribution >= 4 is 34.5 Å². The number of carbonyl (C=O) groups excluding carboxylic acids is 1. The van der Waals surface area contributed by atoms with E-state index in [1.165, 1.54) is 21.3 Å². The molecule has 2 aromatic heterocycles. The number of fused-ring (bicyclic) bond motifs is 1. The van der Waals surface area contributed by atoms with Gasteiger partial charge >= 0.3 is 0 Å². The van der Waals surface area contributed by atoms with Crippen LogP contribution in [0.5, 0.6) is 17.2 Å². The van der Waals surface area contributed by atoms with Crippen molar-refractivity contribution in [1.82, 2.24) is 25.1 Å². The smallest absolute Gasteiger partial charge is 0.251 e. The zero-order valence-corrected chi connectivity index (χ0v) is 22.2. The van der Waals surface area contributed by atoms with Crippen LogP contribution >= 0.6 is 11.8 Å². The Labute approximate surface area is 210 Å². The number of hydrogen-bond donors (Lipinski definition) is 2. The van der Waals surface area contributed by atoms with E-state index in [1.807, 2.05) is 0 Å². The first-order valence-corrected chi connectivity index (χ1v) is 12.4. The SMILES string of the molecule is COc1cc(C(=O)NCCn2ncc3c(NCC(C)C)nc(SC(C)C)nc32)cc(OC)c1OC. The maximum absolute atomic E-state index is 12.8. The standard InChI is InChI=1S/C24H34N6O4S/c1-14(2)12-26-21-17-13-27-30(22(17)29-24(28-21)35-15(3)4)9-8-25-23(31)16-10-18(32-5)20(34-7)19(11-16)33-6/h10-11,13-15H,8-9,12H2,1-7H3,(H,25,31)(H,26,28,29). The van der Waals surface area contributed by atoms with Crippen LogP contribution in [0.25, 0.3) is 11.0 Å². The average Bonchev–Trinajstić information content (AvgIpc) is 3.23. The molecule has 0 saturated heterocycles. The lowest BCUT2D eigenvalue weighted by Crippen LogP contribution is -2.27. The highest BCUT2D eigenvalue weighted by Crippen LogP contribution is 2.38. The van der Waals surface area contributed by atoms with E-state index in [0.29, 0.717) is 52.2 Å². The summed E-state index contributed by atoms with van der Waals surface area (Å²) in [5.41, 5.74) is 1.14. The minimum atomic E-state index is -0.259. The highest BCUT2D eigenvalue weighted by molar-refractivity contribution is 7.99. The van der Waals surface area contributed by atoms with Gasteiger partial charge in [0.05, 0.1) is 39.5 Å². The highest BCUT2D eigenvalue weighted by atomic mass is 32.2. The molecule has 35 heavy (non-hydrogen) atoms. The molecule has 0 spiro atoms. The third-order valence-corrected chi connectivity index (χ3v) is 5.90. The lowest BCUT2D eigenvalue weighted by Gasteiger charge is -2.14. The number of carbonyl (C=O) groups is 1. The van der Waals surface area contributed by atoms with Gasteiger partial charge in [-0.3, -0.25) is 4.79 Å². The first-order chi connectivity index (χ1) is 16.8. The van der Waals surface area contributed by atoms with Crippen molar-refractivity contribution in [3.63, 3.8) is 0 Å². The van der Waals surface area contributed by atoms with Gasteiger partial charge in [0.1, 0.15) is 5.82 Å². The predicted octanol–water partition coefficient (Wildman–Crippen LogP) is 3.85. The Hall–Kier alpha value is -3.21. The third kappa shape index (κ3) is 6.47. The van der Waals surface area contributed by atoms with Crippen LogP contribution in [-0.4, -0.2) is 65.3 Å². The fourth-order valence-electron chi connectivity index (χ4n) is 3.39. The van der Waals surface area contributed by atoms with Crippen LogP contribution in [0.15, 0.2) is 23.5 Å². The molecule has 2 heterocycles. The summed E-state index contributed by atoms with van der Waals surface area (Å²) in [4.78, 5) is 22.3. The van der Waals surface area contributed by atoms with Gasteiger partial charge < -0.3 is 24.8 Å². The van der Waals surface area contributed by atoms with Gasteiger partial charge in [-0.05, 0) is 18.1 Å². The number of anilines is 1. The first kappa shape index (κ1) is 26.4. The lowest BCUT2D eigenvalue weighted by molar-refractivity contribution is 0.0951. The van der Waals surface area contributed by atoms with Gasteiger partial charge in [-0.15, -0.1) is 0 Å². The Morgan fingerprint density at radius 2 is 1.74 bits per heavy atom. The number of benzene rings is 1. The average molecular weight is 503 g/mol. The summed E-state index contributed by atoms with van der Waals surface area (Å²) >= 11 is 1.60. The number of rotatable bonds is 12. The fourth-order valence-corrected chi connectivity index (χ4v) is 4.09. The summed E-state index contributed by atoms with van der Waals surface area (Å²) in [6.45, 7) is 10.1. The number of aromatic nitrogens is 4. The van der Waals surface area contributed by atoms with E-state index >= 15 is 0 Å². The lowest BCUT2D eigenvalue weighted by atomic mass is 10.1. The van der Waals surface area contributed by atoms with Gasteiger partial charge in [-0.25, -0.2) is 14.6 Å². The molecule has 0 saturated carbocycles. The summed E-state index contributed by atoms with van der Waals surface area (Å²) in [5.74, 6) is 2.27. The van der Waals surface area contributed by atoms with Gasteiger partial charge in [0, 0.05) is 23.9 Å². The summed E-state index contributed by atoms with van der Waals surface area (Å²) in [6, 6.07) is 3.24. The Morgan fingerprint density at radius 1 is 1.06 bits per heavy atom. The molecule has 2 N–H and O–H groups in total. The van der Waals surface area contributed by atoms with Crippen molar-refractivity contribution in [2.24, 2.45) is 5.92 Å². The van der Waals surface area contributed by atoms with Gasteiger partial charge in [0.2, 0.25) is 5.75 Å². The second-order valence-corrected chi connectivity index (χ2v) is 10.1. The molecule has 1 amide bonds.